The van der Waals surface area contributed by atoms with Gasteiger partial charge in [-0.15, -0.1) is 0 Å². The molecule has 2 aliphatic rings. The fourth-order valence-corrected chi connectivity index (χ4v) is 5.80. The molecule has 1 aliphatic carbocycles. The van der Waals surface area contributed by atoms with E-state index in [9.17, 15) is 0 Å². The fraction of sp³-hybridized carbons (Fsp3) is 0.414. The lowest BCUT2D eigenvalue weighted by Crippen LogP contribution is -2.30. The van der Waals surface area contributed by atoms with Gasteiger partial charge in [-0.2, -0.15) is 0 Å². The van der Waals surface area contributed by atoms with Crippen LogP contribution in [0.2, 0.25) is 0 Å². The highest BCUT2D eigenvalue weighted by Gasteiger charge is 2.24. The van der Waals surface area contributed by atoms with Crippen LogP contribution in [-0.2, 0) is 32.4 Å². The Morgan fingerprint density at radius 2 is 1.79 bits per heavy atom. The van der Waals surface area contributed by atoms with Crippen molar-refractivity contribution in [3.63, 3.8) is 0 Å². The minimum absolute atomic E-state index is 0.735. The van der Waals surface area contributed by atoms with Crippen molar-refractivity contribution >= 4 is 10.9 Å². The van der Waals surface area contributed by atoms with Crippen molar-refractivity contribution in [2.24, 2.45) is 5.92 Å². The van der Waals surface area contributed by atoms with Gasteiger partial charge in [0.15, 0.2) is 5.89 Å². The van der Waals surface area contributed by atoms with E-state index >= 15 is 0 Å². The summed E-state index contributed by atoms with van der Waals surface area (Å²) in [6.07, 6.45) is 9.66. The number of oxazole rings is 1. The SMILES string of the molecule is c1ccc(Cc2nc(CC3CCCCC3)oc2CN2CCc3c([nH]c4ccccc34)C2)cc1. The molecule has 1 aliphatic heterocycles. The molecule has 0 radical (unpaired) electrons. The summed E-state index contributed by atoms with van der Waals surface area (Å²) in [5.74, 6) is 2.74. The third-order valence-electron chi connectivity index (χ3n) is 7.55. The van der Waals surface area contributed by atoms with Gasteiger partial charge in [0.1, 0.15) is 5.76 Å². The molecule has 0 atom stereocenters. The predicted molar refractivity (Wildman–Crippen MR) is 132 cm³/mol. The summed E-state index contributed by atoms with van der Waals surface area (Å²) in [6, 6.07) is 19.4. The van der Waals surface area contributed by atoms with Crippen LogP contribution in [0.15, 0.2) is 59.0 Å². The van der Waals surface area contributed by atoms with Crippen molar-refractivity contribution in [1.82, 2.24) is 14.9 Å². The van der Waals surface area contributed by atoms with E-state index in [1.54, 1.807) is 0 Å². The summed E-state index contributed by atoms with van der Waals surface area (Å²) in [7, 11) is 0. The molecule has 0 spiro atoms. The van der Waals surface area contributed by atoms with Crippen molar-refractivity contribution < 1.29 is 4.42 Å². The highest BCUT2D eigenvalue weighted by molar-refractivity contribution is 5.84. The van der Waals surface area contributed by atoms with Gasteiger partial charge >= 0.3 is 0 Å². The molecule has 33 heavy (non-hydrogen) atoms. The second-order valence-electron chi connectivity index (χ2n) is 9.94. The second kappa shape index (κ2) is 9.18. The van der Waals surface area contributed by atoms with E-state index in [0.717, 1.165) is 62.2 Å². The molecule has 6 rings (SSSR count). The minimum Gasteiger partial charge on any atom is -0.444 e. The summed E-state index contributed by atoms with van der Waals surface area (Å²) < 4.78 is 6.48. The Labute approximate surface area is 196 Å². The zero-order valence-electron chi connectivity index (χ0n) is 19.4. The molecule has 4 aromatic rings. The van der Waals surface area contributed by atoms with E-state index in [4.69, 9.17) is 9.40 Å². The summed E-state index contributed by atoms with van der Waals surface area (Å²) in [5.41, 5.74) is 6.52. The van der Waals surface area contributed by atoms with E-state index in [1.165, 1.54) is 59.8 Å². The maximum absolute atomic E-state index is 6.48. The summed E-state index contributed by atoms with van der Waals surface area (Å²) in [6.45, 7) is 2.82. The number of rotatable bonds is 6. The van der Waals surface area contributed by atoms with Crippen molar-refractivity contribution in [3.05, 3.63) is 88.8 Å². The van der Waals surface area contributed by atoms with Gasteiger partial charge < -0.3 is 9.40 Å². The number of benzene rings is 2. The third kappa shape index (κ3) is 4.49. The average molecular weight is 440 g/mol. The highest BCUT2D eigenvalue weighted by atomic mass is 16.4. The van der Waals surface area contributed by atoms with Crippen molar-refractivity contribution in [3.8, 4) is 0 Å². The molecule has 2 aromatic heterocycles. The first-order valence-corrected chi connectivity index (χ1v) is 12.6. The van der Waals surface area contributed by atoms with Crippen molar-refractivity contribution in [2.75, 3.05) is 6.54 Å². The van der Waals surface area contributed by atoms with E-state index in [1.807, 2.05) is 0 Å². The summed E-state index contributed by atoms with van der Waals surface area (Å²) >= 11 is 0. The molecule has 1 N–H and O–H groups in total. The van der Waals surface area contributed by atoms with Gasteiger partial charge in [0.25, 0.3) is 0 Å². The van der Waals surface area contributed by atoms with Gasteiger partial charge in [-0.25, -0.2) is 4.98 Å². The Morgan fingerprint density at radius 3 is 2.67 bits per heavy atom. The molecule has 0 saturated heterocycles. The highest BCUT2D eigenvalue weighted by Crippen LogP contribution is 2.30. The fourth-order valence-electron chi connectivity index (χ4n) is 5.80. The number of nitrogens with zero attached hydrogens (tertiary/aromatic N) is 2. The maximum atomic E-state index is 6.48. The number of hydrogen-bond donors (Lipinski definition) is 1. The molecule has 1 saturated carbocycles. The normalized spacial score (nSPS) is 17.5. The molecule has 0 unspecified atom stereocenters. The smallest absolute Gasteiger partial charge is 0.194 e. The largest absolute Gasteiger partial charge is 0.444 e. The molecular formula is C29H33N3O. The molecule has 0 bridgehead atoms. The molecule has 170 valence electrons. The molecule has 4 nitrogen and oxygen atoms in total. The number of H-pyrrole nitrogens is 1. The first-order chi connectivity index (χ1) is 16.3. The minimum atomic E-state index is 0.735. The van der Waals surface area contributed by atoms with Gasteiger partial charge in [-0.05, 0) is 42.4 Å². The van der Waals surface area contributed by atoms with Crippen molar-refractivity contribution in [1.29, 1.82) is 0 Å². The third-order valence-corrected chi connectivity index (χ3v) is 7.55. The van der Waals surface area contributed by atoms with Gasteiger partial charge in [-0.1, -0.05) is 67.8 Å². The van der Waals surface area contributed by atoms with Crippen molar-refractivity contribution in [2.45, 2.75) is 64.5 Å². The van der Waals surface area contributed by atoms with E-state index in [2.05, 4.69) is 64.5 Å². The number of fused-ring (bicyclic) bond motifs is 3. The molecule has 1 fully saturated rings. The molecular weight excluding hydrogens is 406 g/mol. The quantitative estimate of drug-likeness (QED) is 0.377. The Kier molecular flexibility index (Phi) is 5.77. The van der Waals surface area contributed by atoms with E-state index in [0.29, 0.717) is 0 Å². The van der Waals surface area contributed by atoms with Crippen LogP contribution in [0.1, 0.15) is 66.3 Å². The first kappa shape index (κ1) is 20.7. The number of aromatic amines is 1. The molecule has 3 heterocycles. The van der Waals surface area contributed by atoms with Crippen LogP contribution in [0.25, 0.3) is 10.9 Å². The monoisotopic (exact) mass is 439 g/mol. The summed E-state index contributed by atoms with van der Waals surface area (Å²) in [4.78, 5) is 11.2. The van der Waals surface area contributed by atoms with Crippen LogP contribution in [-0.4, -0.2) is 21.4 Å². The first-order valence-electron chi connectivity index (χ1n) is 12.6. The van der Waals surface area contributed by atoms with Gasteiger partial charge in [-0.3, -0.25) is 4.90 Å². The summed E-state index contributed by atoms with van der Waals surface area (Å²) in [5, 5.41) is 1.38. The van der Waals surface area contributed by atoms with Crippen LogP contribution in [0, 0.1) is 5.92 Å². The van der Waals surface area contributed by atoms with Crippen LogP contribution in [0.4, 0.5) is 0 Å². The number of nitrogens with one attached hydrogen (secondary N) is 1. The average Bonchev–Trinajstić information content (AvgIpc) is 3.40. The number of hydrogen-bond acceptors (Lipinski definition) is 3. The molecule has 4 heteroatoms. The Hall–Kier alpha value is -2.85. The van der Waals surface area contributed by atoms with Gasteiger partial charge in [0, 0.05) is 42.5 Å². The van der Waals surface area contributed by atoms with E-state index < -0.39 is 0 Å². The Morgan fingerprint density at radius 1 is 0.970 bits per heavy atom. The van der Waals surface area contributed by atoms with Crippen LogP contribution in [0.3, 0.4) is 0 Å². The topological polar surface area (TPSA) is 45.1 Å². The second-order valence-corrected chi connectivity index (χ2v) is 9.94. The Bertz CT molecular complexity index is 1220. The predicted octanol–water partition coefficient (Wildman–Crippen LogP) is 6.43. The lowest BCUT2D eigenvalue weighted by Gasteiger charge is -2.26. The lowest BCUT2D eigenvalue weighted by molar-refractivity contribution is 0.219. The van der Waals surface area contributed by atoms with Crippen LogP contribution in [0.5, 0.6) is 0 Å². The molecule has 2 aromatic carbocycles. The molecule has 0 amide bonds. The van der Waals surface area contributed by atoms with Gasteiger partial charge in [0.2, 0.25) is 0 Å². The van der Waals surface area contributed by atoms with E-state index in [-0.39, 0.29) is 0 Å². The maximum Gasteiger partial charge on any atom is 0.194 e. The zero-order chi connectivity index (χ0) is 22.0. The lowest BCUT2D eigenvalue weighted by atomic mass is 9.87. The number of para-hydroxylation sites is 1. The van der Waals surface area contributed by atoms with Crippen LogP contribution < -0.4 is 0 Å². The Balaban J connectivity index is 1.23. The number of aromatic nitrogens is 2. The van der Waals surface area contributed by atoms with Crippen LogP contribution >= 0.6 is 0 Å². The zero-order valence-corrected chi connectivity index (χ0v) is 19.4. The standard InChI is InChI=1S/C29H33N3O/c1-3-9-21(10-4-1)17-26-28(33-29(31-26)18-22-11-5-2-6-12-22)20-32-16-15-24-23-13-7-8-14-25(23)30-27(24)19-32/h1,3-4,7-10,13-14,22,30H,2,5-6,11-12,15-20H2. The van der Waals surface area contributed by atoms with Gasteiger partial charge in [0.05, 0.1) is 12.2 Å².